The molecule has 0 radical (unpaired) electrons. The van der Waals surface area contributed by atoms with E-state index in [9.17, 15) is 9.59 Å². The molecule has 0 heterocycles. The number of nitrogens with one attached hydrogen (secondary N) is 1. The Bertz CT molecular complexity index is 535. The van der Waals surface area contributed by atoms with Crippen molar-refractivity contribution in [3.63, 3.8) is 0 Å². The second-order valence-electron chi connectivity index (χ2n) is 6.47. The minimum atomic E-state index is -0.288. The van der Waals surface area contributed by atoms with E-state index in [1.807, 2.05) is 45.0 Å². The van der Waals surface area contributed by atoms with Crippen LogP contribution in [0.15, 0.2) is 24.3 Å². The zero-order valence-corrected chi connectivity index (χ0v) is 15.2. The minimum absolute atomic E-state index is 0.0295. The lowest BCUT2D eigenvalue weighted by Gasteiger charge is -2.34. The fourth-order valence-electron chi connectivity index (χ4n) is 2.30. The first-order chi connectivity index (χ1) is 11.2. The number of carbonyl (C=O) groups is 2. The van der Waals surface area contributed by atoms with Crippen LogP contribution < -0.4 is 14.8 Å². The van der Waals surface area contributed by atoms with Gasteiger partial charge in [-0.15, -0.1) is 0 Å². The topological polar surface area (TPSA) is 67.9 Å². The summed E-state index contributed by atoms with van der Waals surface area (Å²) in [5, 5.41) is 2.79. The zero-order valence-electron chi connectivity index (χ0n) is 15.2. The van der Waals surface area contributed by atoms with Crippen molar-refractivity contribution >= 4 is 11.8 Å². The third-order valence-corrected chi connectivity index (χ3v) is 3.50. The van der Waals surface area contributed by atoms with Gasteiger partial charge in [0, 0.05) is 25.4 Å². The van der Waals surface area contributed by atoms with Crippen LogP contribution in [0.25, 0.3) is 0 Å². The highest BCUT2D eigenvalue weighted by molar-refractivity contribution is 5.78. The Hall–Kier alpha value is -2.24. The Labute approximate surface area is 144 Å². The van der Waals surface area contributed by atoms with E-state index in [1.165, 1.54) is 6.92 Å². The van der Waals surface area contributed by atoms with Gasteiger partial charge in [-0.1, -0.05) is 0 Å². The van der Waals surface area contributed by atoms with Crippen molar-refractivity contribution in [2.45, 2.75) is 39.7 Å². The van der Waals surface area contributed by atoms with E-state index in [-0.39, 0.29) is 23.8 Å². The molecule has 24 heavy (non-hydrogen) atoms. The molecule has 0 aliphatic rings. The van der Waals surface area contributed by atoms with E-state index >= 15 is 0 Å². The van der Waals surface area contributed by atoms with Crippen molar-refractivity contribution in [1.82, 2.24) is 10.2 Å². The van der Waals surface area contributed by atoms with E-state index in [0.29, 0.717) is 19.7 Å². The van der Waals surface area contributed by atoms with Gasteiger partial charge in [-0.2, -0.15) is 0 Å². The number of nitrogens with zero attached hydrogens (tertiary/aromatic N) is 1. The van der Waals surface area contributed by atoms with Crippen LogP contribution in [0.3, 0.4) is 0 Å². The molecule has 0 spiro atoms. The van der Waals surface area contributed by atoms with Crippen LogP contribution in [-0.4, -0.2) is 49.1 Å². The molecule has 1 rings (SSSR count). The number of amides is 2. The maximum absolute atomic E-state index is 11.9. The number of carbonyl (C=O) groups excluding carboxylic acids is 2. The van der Waals surface area contributed by atoms with Crippen LogP contribution in [-0.2, 0) is 9.59 Å². The van der Waals surface area contributed by atoms with Gasteiger partial charge < -0.3 is 19.7 Å². The van der Waals surface area contributed by atoms with E-state index < -0.39 is 0 Å². The molecule has 1 aromatic rings. The van der Waals surface area contributed by atoms with Crippen LogP contribution >= 0.6 is 0 Å². The van der Waals surface area contributed by atoms with Crippen molar-refractivity contribution in [2.75, 3.05) is 26.8 Å². The second kappa shape index (κ2) is 9.15. The molecule has 134 valence electrons. The van der Waals surface area contributed by atoms with Gasteiger partial charge in [0.2, 0.25) is 11.8 Å². The molecule has 0 aromatic heterocycles. The lowest BCUT2D eigenvalue weighted by molar-refractivity contribution is -0.134. The average molecular weight is 336 g/mol. The van der Waals surface area contributed by atoms with Crippen molar-refractivity contribution < 1.29 is 19.1 Å². The molecule has 0 saturated heterocycles. The monoisotopic (exact) mass is 336 g/mol. The molecule has 0 saturated carbocycles. The maximum Gasteiger partial charge on any atom is 0.221 e. The number of hydrogen-bond donors (Lipinski definition) is 1. The quantitative estimate of drug-likeness (QED) is 0.739. The molecule has 1 N–H and O–H groups in total. The van der Waals surface area contributed by atoms with Gasteiger partial charge in [0.05, 0.1) is 13.7 Å². The molecule has 6 nitrogen and oxygen atoms in total. The zero-order chi connectivity index (χ0) is 18.2. The fraction of sp³-hybridized carbons (Fsp3) is 0.556. The Morgan fingerprint density at radius 1 is 1.12 bits per heavy atom. The van der Waals surface area contributed by atoms with Crippen LogP contribution in [0.1, 0.15) is 34.1 Å². The number of hydrogen-bond acceptors (Lipinski definition) is 4. The summed E-state index contributed by atoms with van der Waals surface area (Å²) >= 11 is 0. The van der Waals surface area contributed by atoms with Gasteiger partial charge in [-0.05, 0) is 45.0 Å². The summed E-state index contributed by atoms with van der Waals surface area (Å²) in [4.78, 5) is 25.2. The Morgan fingerprint density at radius 2 is 1.71 bits per heavy atom. The second-order valence-corrected chi connectivity index (χ2v) is 6.47. The number of benzene rings is 1. The van der Waals surface area contributed by atoms with Crippen LogP contribution in [0.2, 0.25) is 0 Å². The van der Waals surface area contributed by atoms with Crippen LogP contribution in [0, 0.1) is 0 Å². The van der Waals surface area contributed by atoms with E-state index in [2.05, 4.69) is 5.32 Å². The first-order valence-electron chi connectivity index (χ1n) is 8.06. The summed E-state index contributed by atoms with van der Waals surface area (Å²) in [5.41, 5.74) is -0.288. The number of rotatable bonds is 8. The summed E-state index contributed by atoms with van der Waals surface area (Å²) < 4.78 is 10.6. The van der Waals surface area contributed by atoms with Gasteiger partial charge >= 0.3 is 0 Å². The maximum atomic E-state index is 11.9. The van der Waals surface area contributed by atoms with Crippen LogP contribution in [0.4, 0.5) is 0 Å². The van der Waals surface area contributed by atoms with Gasteiger partial charge in [0.15, 0.2) is 0 Å². The Kier molecular flexibility index (Phi) is 7.55. The first-order valence-corrected chi connectivity index (χ1v) is 8.06. The van der Waals surface area contributed by atoms with E-state index in [4.69, 9.17) is 9.47 Å². The summed E-state index contributed by atoms with van der Waals surface area (Å²) in [6.07, 6.45) is 0.277. The predicted octanol–water partition coefficient (Wildman–Crippen LogP) is 2.23. The van der Waals surface area contributed by atoms with Crippen molar-refractivity contribution in [1.29, 1.82) is 0 Å². The molecule has 0 aliphatic heterocycles. The molecule has 2 amide bonds. The van der Waals surface area contributed by atoms with Gasteiger partial charge in [0.1, 0.15) is 18.1 Å². The predicted molar refractivity (Wildman–Crippen MR) is 93.3 cm³/mol. The molecule has 6 heteroatoms. The number of methoxy groups -OCH3 is 1. The molecule has 0 unspecified atom stereocenters. The molecule has 1 aromatic carbocycles. The lowest BCUT2D eigenvalue weighted by Crippen LogP contribution is -2.46. The van der Waals surface area contributed by atoms with Gasteiger partial charge in [0.25, 0.3) is 0 Å². The summed E-state index contributed by atoms with van der Waals surface area (Å²) in [6, 6.07) is 7.26. The summed E-state index contributed by atoms with van der Waals surface area (Å²) in [6.45, 7) is 8.59. The fourth-order valence-corrected chi connectivity index (χ4v) is 2.30. The molecular weight excluding hydrogens is 308 g/mol. The highest BCUT2D eigenvalue weighted by Crippen LogP contribution is 2.16. The van der Waals surface area contributed by atoms with Crippen molar-refractivity contribution in [3.05, 3.63) is 24.3 Å². The third-order valence-electron chi connectivity index (χ3n) is 3.50. The minimum Gasteiger partial charge on any atom is -0.497 e. The van der Waals surface area contributed by atoms with Gasteiger partial charge in [-0.25, -0.2) is 0 Å². The van der Waals surface area contributed by atoms with Crippen molar-refractivity contribution in [3.8, 4) is 11.5 Å². The summed E-state index contributed by atoms with van der Waals surface area (Å²) in [5.74, 6) is 1.37. The molecule has 0 atom stereocenters. The van der Waals surface area contributed by atoms with E-state index in [1.54, 1.807) is 12.0 Å². The Morgan fingerprint density at radius 3 is 2.21 bits per heavy atom. The molecule has 0 fully saturated rings. The standard InChI is InChI=1S/C18H28N2O4/c1-14(21)20(18(2,3)4)12-10-17(22)19-11-13-24-16-8-6-15(23-5)7-9-16/h6-9H,10-13H2,1-5H3,(H,19,22). The average Bonchev–Trinajstić information content (AvgIpc) is 2.50. The normalized spacial score (nSPS) is 10.9. The summed E-state index contributed by atoms with van der Waals surface area (Å²) in [7, 11) is 1.61. The smallest absolute Gasteiger partial charge is 0.221 e. The number of ether oxygens (including phenoxy) is 2. The molecular formula is C18H28N2O4. The molecule has 0 bridgehead atoms. The van der Waals surface area contributed by atoms with Crippen molar-refractivity contribution in [2.24, 2.45) is 0 Å². The van der Waals surface area contributed by atoms with Crippen LogP contribution in [0.5, 0.6) is 11.5 Å². The molecule has 0 aliphatic carbocycles. The largest absolute Gasteiger partial charge is 0.497 e. The Balaban J connectivity index is 2.27. The highest BCUT2D eigenvalue weighted by atomic mass is 16.5. The lowest BCUT2D eigenvalue weighted by atomic mass is 10.1. The third kappa shape index (κ3) is 6.89. The van der Waals surface area contributed by atoms with Gasteiger partial charge in [-0.3, -0.25) is 9.59 Å². The SMILES string of the molecule is COc1ccc(OCCNC(=O)CCN(C(C)=O)C(C)(C)C)cc1. The highest BCUT2D eigenvalue weighted by Gasteiger charge is 2.23. The van der Waals surface area contributed by atoms with E-state index in [0.717, 1.165) is 11.5 Å². The first kappa shape index (κ1) is 19.8.